The minimum Gasteiger partial charge on any atom is -0.462 e. The molecule has 0 saturated heterocycles. The third-order valence-electron chi connectivity index (χ3n) is 5.41. The maximum absolute atomic E-state index is 13.2. The maximum Gasteiger partial charge on any atom is 0.336 e. The molecule has 1 N–H and O–H groups in total. The number of carbonyl (C=O) groups excluding carboxylic acids is 2. The van der Waals surface area contributed by atoms with Gasteiger partial charge in [0.05, 0.1) is 12.2 Å². The largest absolute Gasteiger partial charge is 0.462 e. The molecule has 1 aromatic rings. The van der Waals surface area contributed by atoms with E-state index in [1.807, 2.05) is 31.2 Å². The van der Waals surface area contributed by atoms with Crippen LogP contribution >= 0.6 is 15.9 Å². The summed E-state index contributed by atoms with van der Waals surface area (Å²) in [6, 6.07) is 7.80. The molecule has 1 aliphatic carbocycles. The van der Waals surface area contributed by atoms with Crippen LogP contribution in [0.3, 0.4) is 0 Å². The second-order valence-electron chi connectivity index (χ2n) is 8.44. The van der Waals surface area contributed by atoms with Crippen molar-refractivity contribution < 1.29 is 14.3 Å². The van der Waals surface area contributed by atoms with Crippen LogP contribution in [0.15, 0.2) is 51.3 Å². The first-order chi connectivity index (χ1) is 13.2. The fourth-order valence-corrected chi connectivity index (χ4v) is 4.63. The van der Waals surface area contributed by atoms with E-state index in [9.17, 15) is 9.59 Å². The molecular formula is C23H28BrNO3. The highest BCUT2D eigenvalue weighted by Gasteiger charge is 2.43. The van der Waals surface area contributed by atoms with E-state index in [1.165, 1.54) is 0 Å². The molecular weight excluding hydrogens is 418 g/mol. The summed E-state index contributed by atoms with van der Waals surface area (Å²) < 4.78 is 6.44. The minimum atomic E-state index is -0.412. The van der Waals surface area contributed by atoms with E-state index in [0.717, 1.165) is 40.7 Å². The fraction of sp³-hybridized carbons (Fsp3) is 0.478. The number of ether oxygens (including phenoxy) is 1. The van der Waals surface area contributed by atoms with E-state index < -0.39 is 5.92 Å². The van der Waals surface area contributed by atoms with Gasteiger partial charge in [-0.1, -0.05) is 61.3 Å². The number of unbranched alkanes of at least 4 members (excludes halogenated alkanes) is 1. The van der Waals surface area contributed by atoms with Crippen LogP contribution in [0.1, 0.15) is 64.9 Å². The van der Waals surface area contributed by atoms with Crippen molar-refractivity contribution in [1.29, 1.82) is 0 Å². The third kappa shape index (κ3) is 4.09. The van der Waals surface area contributed by atoms with E-state index in [2.05, 4.69) is 42.0 Å². The zero-order valence-electron chi connectivity index (χ0n) is 17.0. The molecule has 0 unspecified atom stereocenters. The molecule has 0 aromatic heterocycles. The van der Waals surface area contributed by atoms with Gasteiger partial charge in [-0.05, 0) is 36.8 Å². The lowest BCUT2D eigenvalue weighted by Gasteiger charge is -2.39. The third-order valence-corrected chi connectivity index (χ3v) is 6.13. The van der Waals surface area contributed by atoms with E-state index in [1.54, 1.807) is 0 Å². The minimum absolute atomic E-state index is 0.0964. The summed E-state index contributed by atoms with van der Waals surface area (Å²) in [4.78, 5) is 26.2. The molecule has 1 aromatic carbocycles. The number of Topliss-reactive ketones (excluding diaryl/α,β-unsaturated/α-hetero) is 1. The van der Waals surface area contributed by atoms with Gasteiger partial charge >= 0.3 is 5.97 Å². The van der Waals surface area contributed by atoms with Crippen LogP contribution in [-0.4, -0.2) is 18.4 Å². The van der Waals surface area contributed by atoms with Crippen LogP contribution in [0.2, 0.25) is 0 Å². The van der Waals surface area contributed by atoms with Crippen LogP contribution in [0.5, 0.6) is 0 Å². The van der Waals surface area contributed by atoms with Crippen molar-refractivity contribution in [3.63, 3.8) is 0 Å². The first-order valence-electron chi connectivity index (χ1n) is 9.90. The topological polar surface area (TPSA) is 55.4 Å². The molecule has 1 atom stereocenters. The Morgan fingerprint density at radius 2 is 2.00 bits per heavy atom. The number of esters is 1. The highest BCUT2D eigenvalue weighted by atomic mass is 79.9. The maximum atomic E-state index is 13.2. The van der Waals surface area contributed by atoms with Gasteiger partial charge in [-0.25, -0.2) is 4.79 Å². The lowest BCUT2D eigenvalue weighted by atomic mass is 9.68. The van der Waals surface area contributed by atoms with Crippen molar-refractivity contribution in [2.24, 2.45) is 5.41 Å². The summed E-state index contributed by atoms with van der Waals surface area (Å²) in [6.45, 7) is 8.57. The molecule has 0 bridgehead atoms. The second kappa shape index (κ2) is 8.24. The molecule has 0 spiro atoms. The van der Waals surface area contributed by atoms with Gasteiger partial charge in [-0.15, -0.1) is 0 Å². The molecule has 3 rings (SSSR count). The highest BCUT2D eigenvalue weighted by Crippen LogP contribution is 2.48. The molecule has 28 heavy (non-hydrogen) atoms. The number of carbonyl (C=O) groups is 2. The van der Waals surface area contributed by atoms with E-state index >= 15 is 0 Å². The summed E-state index contributed by atoms with van der Waals surface area (Å²) in [7, 11) is 0. The van der Waals surface area contributed by atoms with Gasteiger partial charge in [0, 0.05) is 33.8 Å². The Hall–Kier alpha value is -1.88. The zero-order chi connectivity index (χ0) is 20.5. The van der Waals surface area contributed by atoms with Gasteiger partial charge in [-0.3, -0.25) is 4.79 Å². The van der Waals surface area contributed by atoms with Crippen LogP contribution in [-0.2, 0) is 14.3 Å². The molecule has 1 heterocycles. The Morgan fingerprint density at radius 1 is 1.29 bits per heavy atom. The highest BCUT2D eigenvalue weighted by molar-refractivity contribution is 9.10. The molecule has 5 heteroatoms. The Labute approximate surface area is 175 Å². The average molecular weight is 446 g/mol. The number of allylic oxidation sites excluding steroid dienone is 3. The summed E-state index contributed by atoms with van der Waals surface area (Å²) in [5.74, 6) is -0.654. The number of ketones is 1. The second-order valence-corrected chi connectivity index (χ2v) is 9.30. The average Bonchev–Trinajstić information content (AvgIpc) is 2.60. The monoisotopic (exact) mass is 445 g/mol. The van der Waals surface area contributed by atoms with Crippen molar-refractivity contribution in [2.45, 2.75) is 59.3 Å². The Kier molecular flexibility index (Phi) is 6.13. The molecule has 0 saturated carbocycles. The van der Waals surface area contributed by atoms with E-state index in [0.29, 0.717) is 24.2 Å². The predicted molar refractivity (Wildman–Crippen MR) is 114 cm³/mol. The van der Waals surface area contributed by atoms with Crippen molar-refractivity contribution in [1.82, 2.24) is 5.32 Å². The number of halogens is 1. The molecule has 150 valence electrons. The quantitative estimate of drug-likeness (QED) is 0.486. The van der Waals surface area contributed by atoms with Crippen LogP contribution in [0.4, 0.5) is 0 Å². The standard InChI is InChI=1S/C23H28BrNO3/c1-5-6-11-28-22(27)19-14(2)25-17-12-23(3,4)13-18(26)21(17)20(19)15-9-7-8-10-16(15)24/h7-10,20,25H,5-6,11-13H2,1-4H3/t20-/m0/s1. The first kappa shape index (κ1) is 20.8. The zero-order valence-corrected chi connectivity index (χ0v) is 18.6. The lowest BCUT2D eigenvalue weighted by molar-refractivity contribution is -0.139. The Bertz CT molecular complexity index is 866. The van der Waals surface area contributed by atoms with Gasteiger partial charge in [0.15, 0.2) is 5.78 Å². The number of hydrogen-bond donors (Lipinski definition) is 1. The van der Waals surface area contributed by atoms with Gasteiger partial charge in [-0.2, -0.15) is 0 Å². The number of nitrogens with one attached hydrogen (secondary N) is 1. The number of rotatable bonds is 5. The number of benzene rings is 1. The van der Waals surface area contributed by atoms with Crippen molar-refractivity contribution in [3.05, 3.63) is 56.8 Å². The van der Waals surface area contributed by atoms with Gasteiger partial charge in [0.2, 0.25) is 0 Å². The summed E-state index contributed by atoms with van der Waals surface area (Å²) >= 11 is 3.62. The lowest BCUT2D eigenvalue weighted by Crippen LogP contribution is -2.38. The Balaban J connectivity index is 2.11. The summed E-state index contributed by atoms with van der Waals surface area (Å²) in [6.07, 6.45) is 3.04. The Morgan fingerprint density at radius 3 is 2.68 bits per heavy atom. The van der Waals surface area contributed by atoms with Gasteiger partial charge in [0.25, 0.3) is 0 Å². The van der Waals surface area contributed by atoms with Gasteiger partial charge < -0.3 is 10.1 Å². The number of hydrogen-bond acceptors (Lipinski definition) is 4. The predicted octanol–water partition coefficient (Wildman–Crippen LogP) is 5.40. The fourth-order valence-electron chi connectivity index (χ4n) is 4.11. The van der Waals surface area contributed by atoms with E-state index in [-0.39, 0.29) is 17.2 Å². The normalized spacial score (nSPS) is 21.3. The molecule has 0 fully saturated rings. The van der Waals surface area contributed by atoms with E-state index in [4.69, 9.17) is 4.74 Å². The van der Waals surface area contributed by atoms with Crippen LogP contribution in [0, 0.1) is 5.41 Å². The first-order valence-corrected chi connectivity index (χ1v) is 10.7. The molecule has 0 radical (unpaired) electrons. The van der Waals surface area contributed by atoms with Crippen LogP contribution in [0.25, 0.3) is 0 Å². The van der Waals surface area contributed by atoms with Crippen LogP contribution < -0.4 is 5.32 Å². The van der Waals surface area contributed by atoms with Crippen molar-refractivity contribution >= 4 is 27.7 Å². The molecule has 1 aliphatic heterocycles. The summed E-state index contributed by atoms with van der Waals surface area (Å²) in [5, 5.41) is 3.37. The SMILES string of the molecule is CCCCOC(=O)C1=C(C)NC2=C(C(=O)CC(C)(C)C2)[C@H]1c1ccccc1Br. The summed E-state index contributed by atoms with van der Waals surface area (Å²) in [5.41, 5.74) is 3.78. The van der Waals surface area contributed by atoms with Crippen molar-refractivity contribution in [3.8, 4) is 0 Å². The van der Waals surface area contributed by atoms with Crippen molar-refractivity contribution in [2.75, 3.05) is 6.61 Å². The molecule has 2 aliphatic rings. The smallest absolute Gasteiger partial charge is 0.336 e. The molecule has 4 nitrogen and oxygen atoms in total. The van der Waals surface area contributed by atoms with Gasteiger partial charge in [0.1, 0.15) is 0 Å². The number of dihydropyridines is 1. The molecule has 0 amide bonds.